The van der Waals surface area contributed by atoms with Gasteiger partial charge in [0.2, 0.25) is 0 Å². The number of ketones is 1. The molecule has 0 saturated carbocycles. The quantitative estimate of drug-likeness (QED) is 0.604. The monoisotopic (exact) mass is 308 g/mol. The number of halogens is 3. The Bertz CT molecular complexity index is 350. The number of carbonyl (C=O) groups is 1. The van der Waals surface area contributed by atoms with Crippen LogP contribution in [0.1, 0.15) is 15.9 Å². The Balaban J connectivity index is 3.23. The minimum absolute atomic E-state index is 0.107. The molecule has 70 valence electrons. The zero-order valence-electron chi connectivity index (χ0n) is 6.90. The fourth-order valence-corrected chi connectivity index (χ4v) is 1.78. The molecule has 0 atom stereocenters. The summed E-state index contributed by atoms with van der Waals surface area (Å²) in [6.07, 6.45) is 0. The Hall–Kier alpha value is -0.220. The van der Waals surface area contributed by atoms with Crippen molar-refractivity contribution >= 4 is 37.6 Å². The Morgan fingerprint density at radius 2 is 2.15 bits per heavy atom. The molecule has 0 aromatic heterocycles. The van der Waals surface area contributed by atoms with Gasteiger partial charge in [0.15, 0.2) is 5.78 Å². The van der Waals surface area contributed by atoms with E-state index in [2.05, 4.69) is 31.9 Å². The molecule has 1 rings (SSSR count). The van der Waals surface area contributed by atoms with Crippen molar-refractivity contribution in [2.75, 3.05) is 5.33 Å². The summed E-state index contributed by atoms with van der Waals surface area (Å²) in [7, 11) is 0. The van der Waals surface area contributed by atoms with E-state index in [0.717, 1.165) is 5.56 Å². The van der Waals surface area contributed by atoms with Crippen LogP contribution in [0.5, 0.6) is 0 Å². The van der Waals surface area contributed by atoms with Gasteiger partial charge < -0.3 is 0 Å². The molecular weight excluding hydrogens is 303 g/mol. The first-order valence-corrected chi connectivity index (χ1v) is 5.52. The molecule has 0 N–H and O–H groups in total. The van der Waals surface area contributed by atoms with E-state index in [1.165, 1.54) is 6.07 Å². The standard InChI is InChI=1S/C9H7Br2FO/c1-5-2-7(11)8(12)3-6(5)9(13)4-10/h2-3H,4H2,1H3. The van der Waals surface area contributed by atoms with Crippen LogP contribution >= 0.6 is 31.9 Å². The average Bonchev–Trinajstić information content (AvgIpc) is 2.10. The van der Waals surface area contributed by atoms with Gasteiger partial charge in [-0.1, -0.05) is 15.9 Å². The molecule has 0 heterocycles. The van der Waals surface area contributed by atoms with Gasteiger partial charge >= 0.3 is 0 Å². The Labute approximate surface area is 92.6 Å². The van der Waals surface area contributed by atoms with Crippen LogP contribution in [0.25, 0.3) is 0 Å². The largest absolute Gasteiger partial charge is 0.293 e. The van der Waals surface area contributed by atoms with Gasteiger partial charge in [0.05, 0.1) is 9.80 Å². The van der Waals surface area contributed by atoms with Gasteiger partial charge in [0, 0.05) is 5.56 Å². The molecule has 13 heavy (non-hydrogen) atoms. The summed E-state index contributed by atoms with van der Waals surface area (Å²) in [5, 5.41) is 0.217. The van der Waals surface area contributed by atoms with Crippen LogP contribution in [0.3, 0.4) is 0 Å². The van der Waals surface area contributed by atoms with E-state index in [1.807, 2.05) is 0 Å². The maximum Gasteiger partial charge on any atom is 0.173 e. The minimum atomic E-state index is -0.407. The predicted molar refractivity (Wildman–Crippen MR) is 57.0 cm³/mol. The van der Waals surface area contributed by atoms with Crippen LogP contribution in [-0.2, 0) is 0 Å². The summed E-state index contributed by atoms with van der Waals surface area (Å²) >= 11 is 6.10. The van der Waals surface area contributed by atoms with Crippen molar-refractivity contribution < 1.29 is 9.18 Å². The first-order valence-electron chi connectivity index (χ1n) is 3.61. The van der Waals surface area contributed by atoms with Crippen LogP contribution in [0.15, 0.2) is 16.6 Å². The Morgan fingerprint density at radius 1 is 1.54 bits per heavy atom. The van der Waals surface area contributed by atoms with Crippen molar-refractivity contribution in [3.63, 3.8) is 0 Å². The molecule has 0 saturated heterocycles. The summed E-state index contributed by atoms with van der Waals surface area (Å²) in [5.41, 5.74) is 1.20. The van der Waals surface area contributed by atoms with Gasteiger partial charge in [-0.2, -0.15) is 0 Å². The summed E-state index contributed by atoms with van der Waals surface area (Å²) < 4.78 is 13.4. The maximum atomic E-state index is 13.0. The van der Waals surface area contributed by atoms with E-state index in [0.29, 0.717) is 10.0 Å². The fourth-order valence-electron chi connectivity index (χ4n) is 1.02. The summed E-state index contributed by atoms with van der Waals surface area (Å²) in [6, 6.07) is 2.86. The van der Waals surface area contributed by atoms with E-state index < -0.39 is 5.82 Å². The molecule has 0 bridgehead atoms. The lowest BCUT2D eigenvalue weighted by atomic mass is 10.1. The third-order valence-corrected chi connectivity index (χ3v) is 2.81. The number of hydrogen-bond acceptors (Lipinski definition) is 1. The second-order valence-corrected chi connectivity index (χ2v) is 4.05. The molecule has 4 heteroatoms. The molecule has 0 amide bonds. The normalized spacial score (nSPS) is 10.2. The number of rotatable bonds is 2. The molecule has 1 aromatic rings. The first-order chi connectivity index (χ1) is 6.06. The highest BCUT2D eigenvalue weighted by Crippen LogP contribution is 2.20. The van der Waals surface area contributed by atoms with Crippen LogP contribution in [0.2, 0.25) is 0 Å². The maximum absolute atomic E-state index is 13.0. The number of carbonyl (C=O) groups excluding carboxylic acids is 1. The van der Waals surface area contributed by atoms with Crippen LogP contribution in [-0.4, -0.2) is 11.1 Å². The highest BCUT2D eigenvalue weighted by Gasteiger charge is 2.10. The molecule has 1 nitrogen and oxygen atoms in total. The number of Topliss-reactive ketones (excluding diaryl/α,β-unsaturated/α-hetero) is 1. The van der Waals surface area contributed by atoms with Crippen LogP contribution in [0.4, 0.5) is 4.39 Å². The van der Waals surface area contributed by atoms with Crippen LogP contribution in [0, 0.1) is 12.7 Å². The van der Waals surface area contributed by atoms with E-state index in [9.17, 15) is 9.18 Å². The number of alkyl halides is 1. The van der Waals surface area contributed by atoms with Gasteiger partial charge in [-0.15, -0.1) is 0 Å². The lowest BCUT2D eigenvalue weighted by Gasteiger charge is -2.04. The van der Waals surface area contributed by atoms with Gasteiger partial charge in [-0.3, -0.25) is 4.79 Å². The molecule has 0 fully saturated rings. The molecule has 0 aliphatic heterocycles. The highest BCUT2D eigenvalue weighted by atomic mass is 79.9. The average molecular weight is 310 g/mol. The summed E-state index contributed by atoms with van der Waals surface area (Å²) in [5.74, 6) is -0.515. The fraction of sp³-hybridized carbons (Fsp3) is 0.222. The van der Waals surface area contributed by atoms with Crippen molar-refractivity contribution in [3.8, 4) is 0 Å². The SMILES string of the molecule is Cc1cc(Br)c(F)cc1C(=O)CBr. The summed E-state index contributed by atoms with van der Waals surface area (Å²) in [6.45, 7) is 1.78. The minimum Gasteiger partial charge on any atom is -0.293 e. The number of aryl methyl sites for hydroxylation is 1. The number of hydrogen-bond donors (Lipinski definition) is 0. The molecule has 1 aromatic carbocycles. The molecule has 0 radical (unpaired) electrons. The Kier molecular flexibility index (Phi) is 3.62. The van der Waals surface area contributed by atoms with E-state index in [4.69, 9.17) is 0 Å². The van der Waals surface area contributed by atoms with E-state index in [-0.39, 0.29) is 11.1 Å². The van der Waals surface area contributed by atoms with Crippen molar-refractivity contribution in [2.45, 2.75) is 6.92 Å². The lowest BCUT2D eigenvalue weighted by Crippen LogP contribution is -2.03. The second kappa shape index (κ2) is 4.33. The van der Waals surface area contributed by atoms with Gasteiger partial charge in [-0.05, 0) is 40.5 Å². The topological polar surface area (TPSA) is 17.1 Å². The van der Waals surface area contributed by atoms with Crippen molar-refractivity contribution in [1.82, 2.24) is 0 Å². The van der Waals surface area contributed by atoms with Gasteiger partial charge in [0.1, 0.15) is 5.82 Å². The third-order valence-electron chi connectivity index (χ3n) is 1.69. The Morgan fingerprint density at radius 3 is 2.69 bits per heavy atom. The molecule has 0 spiro atoms. The second-order valence-electron chi connectivity index (χ2n) is 2.64. The molecule has 0 aliphatic rings. The van der Waals surface area contributed by atoms with Crippen molar-refractivity contribution in [3.05, 3.63) is 33.5 Å². The molecule has 0 unspecified atom stereocenters. The third kappa shape index (κ3) is 2.38. The zero-order chi connectivity index (χ0) is 10.0. The van der Waals surface area contributed by atoms with Gasteiger partial charge in [0.25, 0.3) is 0 Å². The van der Waals surface area contributed by atoms with Crippen molar-refractivity contribution in [2.24, 2.45) is 0 Å². The smallest absolute Gasteiger partial charge is 0.173 e. The van der Waals surface area contributed by atoms with E-state index in [1.54, 1.807) is 13.0 Å². The van der Waals surface area contributed by atoms with Crippen LogP contribution < -0.4 is 0 Å². The molecule has 0 aliphatic carbocycles. The zero-order valence-corrected chi connectivity index (χ0v) is 10.1. The first kappa shape index (κ1) is 10.9. The van der Waals surface area contributed by atoms with Gasteiger partial charge in [-0.25, -0.2) is 4.39 Å². The number of benzene rings is 1. The van der Waals surface area contributed by atoms with Crippen molar-refractivity contribution in [1.29, 1.82) is 0 Å². The van der Waals surface area contributed by atoms with E-state index >= 15 is 0 Å². The lowest BCUT2D eigenvalue weighted by molar-refractivity contribution is 0.102. The highest BCUT2D eigenvalue weighted by molar-refractivity contribution is 9.10. The summed E-state index contributed by atoms with van der Waals surface area (Å²) in [4.78, 5) is 11.3. The molecular formula is C9H7Br2FO. The predicted octanol–water partition coefficient (Wildman–Crippen LogP) is 3.47.